The van der Waals surface area contributed by atoms with Gasteiger partial charge in [-0.2, -0.15) is 0 Å². The van der Waals surface area contributed by atoms with Crippen LogP contribution in [-0.4, -0.2) is 78.4 Å². The first-order valence-electron chi connectivity index (χ1n) is 5.44. The van der Waals surface area contributed by atoms with E-state index in [1.54, 1.807) is 0 Å². The molecule has 14 heteroatoms. The van der Waals surface area contributed by atoms with Crippen molar-refractivity contribution < 1.29 is 121 Å². The van der Waals surface area contributed by atoms with Crippen molar-refractivity contribution in [2.45, 2.75) is 0 Å². The third-order valence-corrected chi connectivity index (χ3v) is 2.14. The van der Waals surface area contributed by atoms with E-state index in [9.17, 15) is 39.6 Å². The molecule has 0 aliphatic heterocycles. The number of hydrogen-bond donors (Lipinski definition) is 0. The number of rotatable bonds is 11. The van der Waals surface area contributed by atoms with Crippen LogP contribution >= 0.6 is 0 Å². The Bertz CT molecular complexity index is 333. The molecule has 0 aliphatic carbocycles. The summed E-state index contributed by atoms with van der Waals surface area (Å²) in [7, 11) is 0. The van der Waals surface area contributed by atoms with Crippen LogP contribution in [0.4, 0.5) is 0 Å². The number of aliphatic carboxylic acids is 4. The van der Waals surface area contributed by atoms with Gasteiger partial charge in [0.05, 0.1) is 23.9 Å². The SMILES string of the molecule is O.O=C([O-])CN(CCN(CC(=O)[O-])CC(=O)[O-])CC(=O)[O-].[Na+].[Na+].[Ni+2]. The Hall–Kier alpha value is 0.254. The molecule has 24 heavy (non-hydrogen) atoms. The van der Waals surface area contributed by atoms with Crippen molar-refractivity contribution in [3.63, 3.8) is 0 Å². The molecular weight excluding hydrogens is 397 g/mol. The molecular formula is C10H14N2Na2NiO9. The second-order valence-electron chi connectivity index (χ2n) is 3.91. The summed E-state index contributed by atoms with van der Waals surface area (Å²) in [5, 5.41) is 41.6. The van der Waals surface area contributed by atoms with E-state index in [1.165, 1.54) is 0 Å². The molecule has 0 aromatic carbocycles. The Morgan fingerprint density at radius 1 is 0.583 bits per heavy atom. The minimum Gasteiger partial charge on any atom is -0.549 e. The maximum atomic E-state index is 10.4. The molecule has 0 aromatic heterocycles. The van der Waals surface area contributed by atoms with Gasteiger partial charge in [-0.3, -0.25) is 9.80 Å². The molecule has 0 rings (SSSR count). The molecule has 0 amide bonds. The number of carbonyl (C=O) groups excluding carboxylic acids is 4. The second-order valence-corrected chi connectivity index (χ2v) is 3.91. The van der Waals surface area contributed by atoms with E-state index >= 15 is 0 Å². The van der Waals surface area contributed by atoms with Gasteiger partial charge >= 0.3 is 75.6 Å². The normalized spacial score (nSPS) is 8.92. The van der Waals surface area contributed by atoms with Crippen molar-refractivity contribution >= 4 is 23.9 Å². The minimum atomic E-state index is -1.53. The Labute approximate surface area is 192 Å². The van der Waals surface area contributed by atoms with E-state index in [2.05, 4.69) is 0 Å². The van der Waals surface area contributed by atoms with Crippen molar-refractivity contribution in [1.82, 2.24) is 9.80 Å². The fourth-order valence-corrected chi connectivity index (χ4v) is 1.44. The summed E-state index contributed by atoms with van der Waals surface area (Å²) >= 11 is 0. The van der Waals surface area contributed by atoms with Crippen molar-refractivity contribution in [3.8, 4) is 0 Å². The van der Waals surface area contributed by atoms with Crippen LogP contribution in [0.2, 0.25) is 0 Å². The predicted molar refractivity (Wildman–Crippen MR) is 56.5 cm³/mol. The molecule has 0 saturated carbocycles. The number of carbonyl (C=O) groups is 4. The summed E-state index contributed by atoms with van der Waals surface area (Å²) < 4.78 is 0. The molecule has 0 aliphatic rings. The van der Waals surface area contributed by atoms with Crippen LogP contribution in [0.5, 0.6) is 0 Å². The third-order valence-electron chi connectivity index (χ3n) is 2.14. The van der Waals surface area contributed by atoms with Crippen LogP contribution in [0.25, 0.3) is 0 Å². The maximum Gasteiger partial charge on any atom is 2.00 e. The Morgan fingerprint density at radius 3 is 0.875 bits per heavy atom. The van der Waals surface area contributed by atoms with Crippen LogP contribution < -0.4 is 79.5 Å². The van der Waals surface area contributed by atoms with Gasteiger partial charge in [-0.25, -0.2) is 0 Å². The van der Waals surface area contributed by atoms with Crippen LogP contribution in [0.15, 0.2) is 0 Å². The predicted octanol–water partition coefficient (Wildman–Crippen LogP) is -14.2. The van der Waals surface area contributed by atoms with Crippen molar-refractivity contribution in [3.05, 3.63) is 0 Å². The average molecular weight is 411 g/mol. The quantitative estimate of drug-likeness (QED) is 0.294. The molecule has 11 nitrogen and oxygen atoms in total. The zero-order valence-electron chi connectivity index (χ0n) is 13.2. The Balaban J connectivity index is -0.000000301. The first-order valence-corrected chi connectivity index (χ1v) is 5.44. The first kappa shape index (κ1) is 35.4. The largest absolute Gasteiger partial charge is 2.00 e. The smallest absolute Gasteiger partial charge is 0.549 e. The number of hydrogen-bond acceptors (Lipinski definition) is 10. The molecule has 130 valence electrons. The van der Waals surface area contributed by atoms with Crippen molar-refractivity contribution in [2.75, 3.05) is 39.3 Å². The second kappa shape index (κ2) is 19.6. The molecule has 0 fully saturated rings. The van der Waals surface area contributed by atoms with Crippen LogP contribution in [-0.2, 0) is 35.7 Å². The zero-order chi connectivity index (χ0) is 15.7. The molecule has 0 unspecified atom stereocenters. The summed E-state index contributed by atoms with van der Waals surface area (Å²) in [6.07, 6.45) is 0. The van der Waals surface area contributed by atoms with Gasteiger partial charge in [-0.15, -0.1) is 0 Å². The van der Waals surface area contributed by atoms with E-state index in [1.807, 2.05) is 0 Å². The minimum absolute atomic E-state index is 0. The number of carboxylic acids is 4. The van der Waals surface area contributed by atoms with E-state index in [-0.39, 0.29) is 94.2 Å². The zero-order valence-corrected chi connectivity index (χ0v) is 18.2. The summed E-state index contributed by atoms with van der Waals surface area (Å²) in [4.78, 5) is 43.4. The Kier molecular flexibility index (Phi) is 28.9. The van der Waals surface area contributed by atoms with Gasteiger partial charge in [-0.05, 0) is 0 Å². The van der Waals surface area contributed by atoms with Gasteiger partial charge in [0, 0.05) is 39.3 Å². The molecule has 0 aromatic rings. The Morgan fingerprint density at radius 2 is 0.750 bits per heavy atom. The van der Waals surface area contributed by atoms with E-state index in [0.29, 0.717) is 0 Å². The maximum absolute atomic E-state index is 10.4. The summed E-state index contributed by atoms with van der Waals surface area (Å²) in [5.74, 6) is -6.12. The van der Waals surface area contributed by atoms with E-state index < -0.39 is 50.1 Å². The van der Waals surface area contributed by atoms with Gasteiger partial charge in [0.15, 0.2) is 0 Å². The molecule has 0 heterocycles. The first-order chi connectivity index (χ1) is 9.20. The molecule has 0 spiro atoms. The number of nitrogens with zero attached hydrogens (tertiary/aromatic N) is 2. The summed E-state index contributed by atoms with van der Waals surface area (Å²) in [5.41, 5.74) is 0. The fourth-order valence-electron chi connectivity index (χ4n) is 1.44. The number of carboxylic acid groups (broad SMARTS) is 4. The van der Waals surface area contributed by atoms with Gasteiger partial charge < -0.3 is 45.1 Å². The monoisotopic (exact) mass is 410 g/mol. The molecule has 0 saturated heterocycles. The molecule has 0 bridgehead atoms. The van der Waals surface area contributed by atoms with Gasteiger partial charge in [0.1, 0.15) is 0 Å². The standard InChI is InChI=1S/C10H16N2O8.2Na.Ni.H2O/c13-7(14)3-11(4-8(15)16)1-2-12(5-9(17)18)6-10(19)20;;;;/h1-6H2,(H,13,14)(H,15,16)(H,17,18)(H,19,20);;;;1H2/q;2*+1;+2;/p-4. The van der Waals surface area contributed by atoms with Crippen molar-refractivity contribution in [1.29, 1.82) is 0 Å². The molecule has 0 atom stereocenters. The summed E-state index contributed by atoms with van der Waals surface area (Å²) in [6, 6.07) is 0. The van der Waals surface area contributed by atoms with Gasteiger partial charge in [0.2, 0.25) is 0 Å². The van der Waals surface area contributed by atoms with E-state index in [4.69, 9.17) is 0 Å². The third kappa shape index (κ3) is 22.3. The van der Waals surface area contributed by atoms with Crippen molar-refractivity contribution in [2.24, 2.45) is 0 Å². The van der Waals surface area contributed by atoms with Gasteiger partial charge in [-0.1, -0.05) is 0 Å². The van der Waals surface area contributed by atoms with Crippen LogP contribution in [0.3, 0.4) is 0 Å². The molecule has 2 N–H and O–H groups in total. The van der Waals surface area contributed by atoms with Crippen LogP contribution in [0, 0.1) is 0 Å². The topological polar surface area (TPSA) is 198 Å². The average Bonchev–Trinajstić information content (AvgIpc) is 2.22. The van der Waals surface area contributed by atoms with Gasteiger partial charge in [0.25, 0.3) is 0 Å². The summed E-state index contributed by atoms with van der Waals surface area (Å²) in [6.45, 7) is -3.25. The molecule has 0 radical (unpaired) electrons. The fraction of sp³-hybridized carbons (Fsp3) is 0.600. The van der Waals surface area contributed by atoms with Crippen LogP contribution in [0.1, 0.15) is 0 Å². The van der Waals surface area contributed by atoms with E-state index in [0.717, 1.165) is 9.80 Å².